The Morgan fingerprint density at radius 2 is 1.48 bits per heavy atom. The predicted molar refractivity (Wildman–Crippen MR) is 116 cm³/mol. The Balaban J connectivity index is 1.59. The van der Waals surface area contributed by atoms with Gasteiger partial charge in [0.05, 0.1) is 10.5 Å². The van der Waals surface area contributed by atoms with Gasteiger partial charge < -0.3 is 0 Å². The van der Waals surface area contributed by atoms with E-state index in [0.29, 0.717) is 0 Å². The van der Waals surface area contributed by atoms with E-state index in [1.54, 1.807) is 20.8 Å². The van der Waals surface area contributed by atoms with Gasteiger partial charge in [0, 0.05) is 24.2 Å². The van der Waals surface area contributed by atoms with Gasteiger partial charge in [-0.15, -0.1) is 0 Å². The van der Waals surface area contributed by atoms with Gasteiger partial charge in [-0.2, -0.15) is 0 Å². The van der Waals surface area contributed by atoms with Crippen LogP contribution in [-0.4, -0.2) is 30.5 Å². The normalized spacial score (nSPS) is 24.1. The molecule has 29 heavy (non-hydrogen) atoms. The lowest BCUT2D eigenvalue weighted by Crippen LogP contribution is -2.35. The molecular weight excluding hydrogens is 384 g/mol. The van der Waals surface area contributed by atoms with Crippen molar-refractivity contribution in [2.75, 3.05) is 5.75 Å². The second kappa shape index (κ2) is 8.71. The van der Waals surface area contributed by atoms with Gasteiger partial charge in [-0.3, -0.25) is 9.59 Å². The topological polar surface area (TPSA) is 68.3 Å². The highest BCUT2D eigenvalue weighted by Crippen LogP contribution is 2.39. The van der Waals surface area contributed by atoms with Crippen molar-refractivity contribution in [2.24, 2.45) is 17.8 Å². The molecule has 1 aromatic rings. The average Bonchev–Trinajstić information content (AvgIpc) is 3.51. The van der Waals surface area contributed by atoms with E-state index in [1.807, 2.05) is 30.3 Å². The van der Waals surface area contributed by atoms with Gasteiger partial charge in [0.25, 0.3) is 0 Å². The number of Topliss-reactive ketones (excluding diaryl/α,β-unsaturated/α-hetero) is 2. The number of benzene rings is 1. The minimum atomic E-state index is -3.13. The minimum absolute atomic E-state index is 0.0400. The van der Waals surface area contributed by atoms with Crippen LogP contribution in [0.1, 0.15) is 77.2 Å². The Bertz CT molecular complexity index is 823. The lowest BCUT2D eigenvalue weighted by Gasteiger charge is -2.30. The maximum absolute atomic E-state index is 13.0. The molecule has 0 radical (unpaired) electrons. The molecule has 0 saturated heterocycles. The fourth-order valence-corrected chi connectivity index (χ4v) is 5.75. The van der Waals surface area contributed by atoms with Gasteiger partial charge in [-0.1, -0.05) is 30.3 Å². The van der Waals surface area contributed by atoms with Crippen molar-refractivity contribution >= 4 is 21.4 Å². The number of hydrogen-bond acceptors (Lipinski definition) is 4. The molecule has 160 valence electrons. The quantitative estimate of drug-likeness (QED) is 0.612. The second-order valence-electron chi connectivity index (χ2n) is 9.92. The second-order valence-corrected chi connectivity index (χ2v) is 12.7. The van der Waals surface area contributed by atoms with Crippen molar-refractivity contribution in [1.29, 1.82) is 0 Å². The Morgan fingerprint density at radius 1 is 0.931 bits per heavy atom. The largest absolute Gasteiger partial charge is 0.299 e. The van der Waals surface area contributed by atoms with Crippen LogP contribution in [-0.2, 0) is 19.4 Å². The van der Waals surface area contributed by atoms with E-state index < -0.39 is 14.6 Å². The van der Waals surface area contributed by atoms with Crippen LogP contribution < -0.4 is 0 Å². The zero-order valence-electron chi connectivity index (χ0n) is 17.9. The Kier molecular flexibility index (Phi) is 6.67. The molecule has 1 atom stereocenters. The van der Waals surface area contributed by atoms with Gasteiger partial charge in [0.2, 0.25) is 0 Å². The summed E-state index contributed by atoms with van der Waals surface area (Å²) in [5.41, 5.74) is 0.947. The van der Waals surface area contributed by atoms with E-state index in [4.69, 9.17) is 0 Å². The first-order chi connectivity index (χ1) is 13.6. The number of hydrogen-bond donors (Lipinski definition) is 0. The predicted octanol–water partition coefficient (Wildman–Crippen LogP) is 4.73. The Labute approximate surface area is 175 Å². The fourth-order valence-electron chi connectivity index (χ4n) is 4.30. The summed E-state index contributed by atoms with van der Waals surface area (Å²) in [5.74, 6) is 0.508. The molecule has 4 nitrogen and oxygen atoms in total. The summed E-state index contributed by atoms with van der Waals surface area (Å²) < 4.78 is 24.2. The van der Waals surface area contributed by atoms with Crippen molar-refractivity contribution in [3.63, 3.8) is 0 Å². The van der Waals surface area contributed by atoms with Gasteiger partial charge in [-0.25, -0.2) is 8.42 Å². The number of sulfone groups is 1. The van der Waals surface area contributed by atoms with Crippen molar-refractivity contribution in [1.82, 2.24) is 0 Å². The molecule has 0 aromatic heterocycles. The van der Waals surface area contributed by atoms with Gasteiger partial charge in [0.15, 0.2) is 9.84 Å². The highest BCUT2D eigenvalue weighted by molar-refractivity contribution is 7.92. The van der Waals surface area contributed by atoms with E-state index in [1.165, 1.54) is 0 Å². The lowest BCUT2D eigenvalue weighted by molar-refractivity contribution is -0.129. The molecule has 0 spiro atoms. The molecule has 0 heterocycles. The van der Waals surface area contributed by atoms with Crippen molar-refractivity contribution in [3.05, 3.63) is 35.9 Å². The maximum atomic E-state index is 13.0. The molecule has 5 heteroatoms. The van der Waals surface area contributed by atoms with Gasteiger partial charge in [0.1, 0.15) is 11.6 Å². The SMILES string of the molecule is CC(C)(C)S(=O)(=O)CC1CCC(C(=O)C[C@@H](C(=O)C2CC2)c2ccccc2)CC1. The standard InChI is InChI=1S/C24H34O4S/c1-24(2,3)29(27,28)16-17-9-11-19(12-10-17)22(25)15-21(23(26)20-13-14-20)18-7-5-4-6-8-18/h4-8,17,19-21H,9-16H2,1-3H3/t17?,19?,21-/m1/s1. The van der Waals surface area contributed by atoms with Crippen molar-refractivity contribution in [2.45, 2.75) is 76.4 Å². The van der Waals surface area contributed by atoms with Crippen LogP contribution in [0.2, 0.25) is 0 Å². The monoisotopic (exact) mass is 418 g/mol. The molecule has 0 unspecified atom stereocenters. The molecule has 1 aromatic carbocycles. The third-order valence-corrected chi connectivity index (χ3v) is 9.40. The zero-order valence-corrected chi connectivity index (χ0v) is 18.7. The summed E-state index contributed by atoms with van der Waals surface area (Å²) in [6.45, 7) is 5.24. The van der Waals surface area contributed by atoms with Gasteiger partial charge in [-0.05, 0) is 70.8 Å². The van der Waals surface area contributed by atoms with E-state index in [0.717, 1.165) is 44.1 Å². The van der Waals surface area contributed by atoms with Crippen molar-refractivity contribution < 1.29 is 18.0 Å². The van der Waals surface area contributed by atoms with E-state index >= 15 is 0 Å². The highest BCUT2D eigenvalue weighted by Gasteiger charge is 2.38. The van der Waals surface area contributed by atoms with E-state index in [9.17, 15) is 18.0 Å². The summed E-state index contributed by atoms with van der Waals surface area (Å²) in [4.78, 5) is 25.8. The number of rotatable bonds is 8. The molecule has 3 rings (SSSR count). The first-order valence-corrected chi connectivity index (χ1v) is 12.6. The average molecular weight is 419 g/mol. The van der Waals surface area contributed by atoms with Crippen LogP contribution in [0.15, 0.2) is 30.3 Å². The smallest absolute Gasteiger partial charge is 0.155 e. The molecule has 2 aliphatic carbocycles. The highest BCUT2D eigenvalue weighted by atomic mass is 32.2. The molecule has 2 fully saturated rings. The molecular formula is C24H34O4S. The number of carbonyl (C=O) groups excluding carboxylic acids is 2. The van der Waals surface area contributed by atoms with E-state index in [-0.39, 0.29) is 47.4 Å². The summed E-state index contributed by atoms with van der Waals surface area (Å²) in [7, 11) is -3.13. The molecule has 0 N–H and O–H groups in total. The number of ketones is 2. The first kappa shape index (κ1) is 22.2. The number of carbonyl (C=O) groups is 2. The first-order valence-electron chi connectivity index (χ1n) is 10.9. The Hall–Kier alpha value is -1.49. The van der Waals surface area contributed by atoms with Crippen LogP contribution in [0.25, 0.3) is 0 Å². The molecule has 2 aliphatic rings. The molecule has 0 aliphatic heterocycles. The zero-order chi connectivity index (χ0) is 21.2. The molecule has 0 amide bonds. The summed E-state index contributed by atoms with van der Waals surface area (Å²) in [5, 5.41) is 0. The van der Waals surface area contributed by atoms with Crippen LogP contribution in [0, 0.1) is 17.8 Å². The molecule has 2 saturated carbocycles. The molecule has 0 bridgehead atoms. The lowest BCUT2D eigenvalue weighted by atomic mass is 9.77. The van der Waals surface area contributed by atoms with Crippen LogP contribution >= 0.6 is 0 Å². The van der Waals surface area contributed by atoms with Crippen LogP contribution in [0.5, 0.6) is 0 Å². The van der Waals surface area contributed by atoms with Crippen molar-refractivity contribution in [3.8, 4) is 0 Å². The third kappa shape index (κ3) is 5.56. The third-order valence-electron chi connectivity index (χ3n) is 6.62. The summed E-state index contributed by atoms with van der Waals surface area (Å²) >= 11 is 0. The fraction of sp³-hybridized carbons (Fsp3) is 0.667. The van der Waals surface area contributed by atoms with Crippen LogP contribution in [0.3, 0.4) is 0 Å². The Morgan fingerprint density at radius 3 is 2.00 bits per heavy atom. The van der Waals surface area contributed by atoms with Crippen LogP contribution in [0.4, 0.5) is 0 Å². The van der Waals surface area contributed by atoms with Gasteiger partial charge >= 0.3 is 0 Å². The maximum Gasteiger partial charge on any atom is 0.155 e. The van der Waals surface area contributed by atoms with E-state index in [2.05, 4.69) is 0 Å². The summed E-state index contributed by atoms with van der Waals surface area (Å²) in [6.07, 6.45) is 5.21. The minimum Gasteiger partial charge on any atom is -0.299 e. The summed E-state index contributed by atoms with van der Waals surface area (Å²) in [6, 6.07) is 9.68.